The highest BCUT2D eigenvalue weighted by molar-refractivity contribution is 7.98. The Morgan fingerprint density at radius 1 is 1.05 bits per heavy atom. The van der Waals surface area contributed by atoms with Crippen molar-refractivity contribution >= 4 is 34.7 Å². The van der Waals surface area contributed by atoms with E-state index in [4.69, 9.17) is 10.7 Å². The summed E-state index contributed by atoms with van der Waals surface area (Å²) in [5, 5.41) is 3.09. The summed E-state index contributed by atoms with van der Waals surface area (Å²) in [6.07, 6.45) is 12.5. The van der Waals surface area contributed by atoms with Crippen LogP contribution in [0, 0.1) is 0 Å². The molecule has 3 N–H and O–H groups in total. The van der Waals surface area contributed by atoms with E-state index in [2.05, 4.69) is 57.2 Å². The van der Waals surface area contributed by atoms with E-state index in [1.807, 2.05) is 18.4 Å². The van der Waals surface area contributed by atoms with Crippen molar-refractivity contribution in [2.45, 2.75) is 75.4 Å². The lowest BCUT2D eigenvalue weighted by atomic mass is 9.79. The molecule has 0 spiro atoms. The monoisotopic (exact) mass is 519 g/mol. The number of anilines is 1. The number of hydrogen-bond donors (Lipinski definition) is 2. The van der Waals surface area contributed by atoms with Crippen molar-refractivity contribution < 1.29 is 4.79 Å². The van der Waals surface area contributed by atoms with Crippen molar-refractivity contribution in [2.75, 3.05) is 30.4 Å². The largest absolute Gasteiger partial charge is 0.320 e. The van der Waals surface area contributed by atoms with E-state index >= 15 is 0 Å². The van der Waals surface area contributed by atoms with Crippen LogP contribution in [0.5, 0.6) is 0 Å². The van der Waals surface area contributed by atoms with E-state index in [1.54, 1.807) is 11.8 Å². The Morgan fingerprint density at radius 2 is 1.73 bits per heavy atom. The van der Waals surface area contributed by atoms with Crippen LogP contribution in [-0.4, -0.2) is 51.5 Å². The average Bonchev–Trinajstić information content (AvgIpc) is 3.11. The number of benzene rings is 2. The van der Waals surface area contributed by atoms with Gasteiger partial charge in [-0.3, -0.25) is 15.0 Å². The van der Waals surface area contributed by atoms with E-state index in [0.29, 0.717) is 18.4 Å². The molecule has 2 aromatic carbocycles. The molecule has 1 aromatic heterocycles. The number of thioether (sulfide) groups is 1. The molecule has 2 fully saturated rings. The smallest absolute Gasteiger partial charge is 0.243 e. The van der Waals surface area contributed by atoms with E-state index in [0.717, 1.165) is 42.7 Å². The Morgan fingerprint density at radius 3 is 2.43 bits per heavy atom. The molecule has 1 amide bonds. The number of amides is 1. The first-order chi connectivity index (χ1) is 18.1. The van der Waals surface area contributed by atoms with Crippen molar-refractivity contribution in [3.05, 3.63) is 60.2 Å². The number of fused-ring (bicyclic) bond motifs is 1. The minimum atomic E-state index is -0.525. The zero-order valence-corrected chi connectivity index (χ0v) is 22.9. The fourth-order valence-corrected chi connectivity index (χ4v) is 6.97. The number of carbonyl (C=O) groups is 1. The number of nitrogens with two attached hydrogens (primary N) is 1. The molecular weight excluding hydrogens is 478 g/mol. The number of nitrogens with zero attached hydrogens (tertiary/aromatic N) is 3. The minimum absolute atomic E-state index is 0.140. The van der Waals surface area contributed by atoms with Gasteiger partial charge in [-0.15, -0.1) is 0 Å². The first kappa shape index (κ1) is 26.3. The standard InChI is InChI=1S/C30H41N5OS/c1-37-22-17-25(31)28(36)33-29-32-26-13-7-8-14-27(26)35(29)24-15-20-34(21-16-24)30(18-9-2-3-10-19-30)23-11-5-4-6-12-23/h4-8,11-14,24-25H,2-3,9-10,15-22,31H2,1H3,(H,32,33,36). The lowest BCUT2D eigenvalue weighted by Gasteiger charge is -2.48. The number of aromatic nitrogens is 2. The van der Waals surface area contributed by atoms with Crippen LogP contribution in [0.3, 0.4) is 0 Å². The summed E-state index contributed by atoms with van der Waals surface area (Å²) >= 11 is 1.71. The van der Waals surface area contributed by atoms with Gasteiger partial charge in [-0.25, -0.2) is 4.98 Å². The summed E-state index contributed by atoms with van der Waals surface area (Å²) in [7, 11) is 0. The predicted octanol–water partition coefficient (Wildman–Crippen LogP) is 5.94. The number of likely N-dealkylation sites (tertiary alicyclic amines) is 1. The molecule has 2 heterocycles. The van der Waals surface area contributed by atoms with E-state index < -0.39 is 6.04 Å². The number of piperidine rings is 1. The highest BCUT2D eigenvalue weighted by atomic mass is 32.2. The topological polar surface area (TPSA) is 76.2 Å². The minimum Gasteiger partial charge on any atom is -0.320 e. The molecule has 6 nitrogen and oxygen atoms in total. The van der Waals surface area contributed by atoms with E-state index in [9.17, 15) is 4.79 Å². The number of rotatable bonds is 8. The quantitative estimate of drug-likeness (QED) is 0.360. The molecule has 3 aromatic rings. The van der Waals surface area contributed by atoms with Crippen LogP contribution in [0.1, 0.15) is 69.4 Å². The zero-order valence-electron chi connectivity index (χ0n) is 22.1. The second-order valence-electron chi connectivity index (χ2n) is 10.7. The van der Waals surface area contributed by atoms with Crippen molar-refractivity contribution in [3.8, 4) is 0 Å². The zero-order chi connectivity index (χ0) is 25.7. The molecular formula is C30H41N5OS. The summed E-state index contributed by atoms with van der Waals surface area (Å²) in [6.45, 7) is 2.10. The third-order valence-electron chi connectivity index (χ3n) is 8.48. The van der Waals surface area contributed by atoms with Gasteiger partial charge in [0.05, 0.1) is 17.1 Å². The molecule has 37 heavy (non-hydrogen) atoms. The van der Waals surface area contributed by atoms with Gasteiger partial charge in [0.2, 0.25) is 11.9 Å². The second kappa shape index (κ2) is 12.0. The van der Waals surface area contributed by atoms with Gasteiger partial charge >= 0.3 is 0 Å². The molecule has 1 atom stereocenters. The van der Waals surface area contributed by atoms with Crippen LogP contribution in [0.4, 0.5) is 5.95 Å². The molecule has 7 heteroatoms. The van der Waals surface area contributed by atoms with Crippen molar-refractivity contribution in [1.82, 2.24) is 14.5 Å². The number of imidazole rings is 1. The van der Waals surface area contributed by atoms with Crippen LogP contribution >= 0.6 is 11.8 Å². The molecule has 198 valence electrons. The first-order valence-corrected chi connectivity index (χ1v) is 15.3. The highest BCUT2D eigenvalue weighted by Crippen LogP contribution is 2.44. The third-order valence-corrected chi connectivity index (χ3v) is 9.12. The molecule has 1 aliphatic carbocycles. The second-order valence-corrected chi connectivity index (χ2v) is 11.7. The number of carbonyl (C=O) groups excluding carboxylic acids is 1. The molecule has 0 bridgehead atoms. The Labute approximate surface area is 225 Å². The molecule has 2 aliphatic rings. The number of hydrogen-bond acceptors (Lipinski definition) is 5. The molecule has 0 radical (unpaired) electrons. The van der Waals surface area contributed by atoms with Gasteiger partial charge in [0.25, 0.3) is 0 Å². The maximum Gasteiger partial charge on any atom is 0.243 e. The average molecular weight is 520 g/mol. The Kier molecular flexibility index (Phi) is 8.53. The maximum absolute atomic E-state index is 12.9. The Hall–Kier alpha value is -2.35. The van der Waals surface area contributed by atoms with Crippen molar-refractivity contribution in [1.29, 1.82) is 0 Å². The summed E-state index contributed by atoms with van der Waals surface area (Å²) in [4.78, 5) is 20.5. The summed E-state index contributed by atoms with van der Waals surface area (Å²) in [6, 6.07) is 19.2. The van der Waals surface area contributed by atoms with E-state index in [-0.39, 0.29) is 11.4 Å². The van der Waals surface area contributed by atoms with Crippen molar-refractivity contribution in [2.24, 2.45) is 5.73 Å². The van der Waals surface area contributed by atoms with Crippen LogP contribution in [0.2, 0.25) is 0 Å². The molecule has 1 unspecified atom stereocenters. The van der Waals surface area contributed by atoms with Crippen LogP contribution in [0.25, 0.3) is 11.0 Å². The normalized spacial score (nSPS) is 19.9. The van der Waals surface area contributed by atoms with E-state index in [1.165, 1.54) is 44.1 Å². The van der Waals surface area contributed by atoms with Gasteiger partial charge in [0.1, 0.15) is 0 Å². The number of nitrogens with one attached hydrogen (secondary N) is 1. The van der Waals surface area contributed by atoms with Gasteiger partial charge in [0.15, 0.2) is 0 Å². The third kappa shape index (κ3) is 5.59. The Balaban J connectivity index is 1.38. The SMILES string of the molecule is CSCCC(N)C(=O)Nc1nc2ccccc2n1C1CCN(C2(c3ccccc3)CCCCCC2)CC1. The van der Waals surface area contributed by atoms with Gasteiger partial charge in [-0.1, -0.05) is 68.1 Å². The van der Waals surface area contributed by atoms with Gasteiger partial charge in [-0.2, -0.15) is 11.8 Å². The molecule has 1 saturated carbocycles. The predicted molar refractivity (Wildman–Crippen MR) is 155 cm³/mol. The van der Waals surface area contributed by atoms with Crippen LogP contribution in [0.15, 0.2) is 54.6 Å². The fraction of sp³-hybridized carbons (Fsp3) is 0.533. The lowest BCUT2D eigenvalue weighted by molar-refractivity contribution is -0.117. The number of para-hydroxylation sites is 2. The summed E-state index contributed by atoms with van der Waals surface area (Å²) in [5.74, 6) is 1.35. The van der Waals surface area contributed by atoms with Crippen LogP contribution in [-0.2, 0) is 10.3 Å². The van der Waals surface area contributed by atoms with Gasteiger partial charge < -0.3 is 10.3 Å². The summed E-state index contributed by atoms with van der Waals surface area (Å²) < 4.78 is 2.27. The summed E-state index contributed by atoms with van der Waals surface area (Å²) in [5.41, 5.74) is 9.81. The highest BCUT2D eigenvalue weighted by Gasteiger charge is 2.40. The van der Waals surface area contributed by atoms with Crippen molar-refractivity contribution in [3.63, 3.8) is 0 Å². The fourth-order valence-electron chi connectivity index (χ4n) is 6.48. The molecule has 1 aliphatic heterocycles. The maximum atomic E-state index is 12.9. The molecule has 5 rings (SSSR count). The van der Waals surface area contributed by atoms with Gasteiger partial charge in [-0.05, 0) is 61.8 Å². The van der Waals surface area contributed by atoms with Gasteiger partial charge in [0, 0.05) is 24.7 Å². The molecule has 1 saturated heterocycles. The van der Waals surface area contributed by atoms with Crippen LogP contribution < -0.4 is 11.1 Å². The Bertz CT molecular complexity index is 1160. The first-order valence-electron chi connectivity index (χ1n) is 14.0. The lowest BCUT2D eigenvalue weighted by Crippen LogP contribution is -2.50.